The van der Waals surface area contributed by atoms with E-state index in [4.69, 9.17) is 0 Å². The molecule has 0 saturated carbocycles. The molecule has 2 aliphatic rings. The predicted molar refractivity (Wildman–Crippen MR) is 106 cm³/mol. The highest BCUT2D eigenvalue weighted by atomic mass is 19.1. The van der Waals surface area contributed by atoms with Crippen molar-refractivity contribution in [2.75, 3.05) is 5.32 Å². The maximum atomic E-state index is 14.3. The lowest BCUT2D eigenvalue weighted by Gasteiger charge is -2.38. The van der Waals surface area contributed by atoms with Crippen LogP contribution in [0.2, 0.25) is 0 Å². The number of nitrogens with one attached hydrogen (secondary N) is 1. The highest BCUT2D eigenvalue weighted by molar-refractivity contribution is 6.00. The first kappa shape index (κ1) is 17.7. The van der Waals surface area contributed by atoms with Crippen molar-refractivity contribution in [3.8, 4) is 11.4 Å². The van der Waals surface area contributed by atoms with E-state index in [0.29, 0.717) is 23.5 Å². The van der Waals surface area contributed by atoms with E-state index in [1.165, 1.54) is 6.07 Å². The molecule has 146 valence electrons. The molecule has 1 aliphatic carbocycles. The lowest BCUT2D eigenvalue weighted by atomic mass is 9.73. The summed E-state index contributed by atoms with van der Waals surface area (Å²) >= 11 is 0. The fraction of sp³-hybridized carbons (Fsp3) is 0.273. The number of ketones is 1. The second kappa shape index (κ2) is 6.34. The first-order valence-electron chi connectivity index (χ1n) is 9.58. The molecule has 0 bridgehead atoms. The fourth-order valence-electron chi connectivity index (χ4n) is 4.21. The molecule has 6 nitrogen and oxygen atoms in total. The van der Waals surface area contributed by atoms with Gasteiger partial charge in [0.2, 0.25) is 5.95 Å². The quantitative estimate of drug-likeness (QED) is 0.713. The van der Waals surface area contributed by atoms with Gasteiger partial charge in [0.25, 0.3) is 0 Å². The Morgan fingerprint density at radius 1 is 1.17 bits per heavy atom. The molecule has 1 aromatic carbocycles. The van der Waals surface area contributed by atoms with Gasteiger partial charge in [-0.2, -0.15) is 4.98 Å². The van der Waals surface area contributed by atoms with Crippen LogP contribution in [-0.2, 0) is 4.79 Å². The van der Waals surface area contributed by atoms with Crippen molar-refractivity contribution in [2.45, 2.75) is 32.7 Å². The molecule has 0 amide bonds. The van der Waals surface area contributed by atoms with Crippen molar-refractivity contribution in [2.24, 2.45) is 5.41 Å². The molecule has 3 aromatic rings. The number of allylic oxidation sites excluding steroid dienone is 2. The minimum Gasteiger partial charge on any atom is -0.328 e. The van der Waals surface area contributed by atoms with Gasteiger partial charge >= 0.3 is 0 Å². The first-order valence-corrected chi connectivity index (χ1v) is 9.58. The van der Waals surface area contributed by atoms with E-state index in [2.05, 4.69) is 34.2 Å². The fourth-order valence-corrected chi connectivity index (χ4v) is 4.21. The number of anilines is 1. The Hall–Kier alpha value is -3.35. The van der Waals surface area contributed by atoms with Crippen LogP contribution in [0.25, 0.3) is 11.4 Å². The number of hydrogen-bond donors (Lipinski definition) is 1. The van der Waals surface area contributed by atoms with Crippen LogP contribution in [-0.4, -0.2) is 25.5 Å². The number of Topliss-reactive ketones (excluding diaryl/α,β-unsaturated/α-hetero) is 1. The van der Waals surface area contributed by atoms with Gasteiger partial charge in [-0.3, -0.25) is 9.78 Å². The van der Waals surface area contributed by atoms with Crippen LogP contribution in [0.4, 0.5) is 10.3 Å². The number of rotatable bonds is 2. The number of pyridine rings is 1. The van der Waals surface area contributed by atoms with E-state index in [1.807, 2.05) is 12.1 Å². The largest absolute Gasteiger partial charge is 0.328 e. The van der Waals surface area contributed by atoms with Crippen LogP contribution in [0.15, 0.2) is 60.1 Å². The predicted octanol–water partition coefficient (Wildman–Crippen LogP) is 4.14. The highest BCUT2D eigenvalue weighted by Crippen LogP contribution is 2.45. The van der Waals surface area contributed by atoms with Crippen molar-refractivity contribution in [3.05, 3.63) is 71.4 Å². The van der Waals surface area contributed by atoms with Crippen LogP contribution in [0.5, 0.6) is 0 Å². The zero-order valence-corrected chi connectivity index (χ0v) is 16.2. The maximum absolute atomic E-state index is 14.3. The topological polar surface area (TPSA) is 72.7 Å². The third kappa shape index (κ3) is 2.93. The van der Waals surface area contributed by atoms with Gasteiger partial charge in [-0.25, -0.2) is 9.07 Å². The van der Waals surface area contributed by atoms with Crippen LogP contribution in [0.3, 0.4) is 0 Å². The molecule has 0 radical (unpaired) electrons. The smallest absolute Gasteiger partial charge is 0.226 e. The summed E-state index contributed by atoms with van der Waals surface area (Å²) in [5.74, 6) is 0.488. The van der Waals surface area contributed by atoms with Gasteiger partial charge in [-0.1, -0.05) is 32.0 Å². The van der Waals surface area contributed by atoms with Gasteiger partial charge in [-0.15, -0.1) is 5.10 Å². The summed E-state index contributed by atoms with van der Waals surface area (Å²) in [6, 6.07) is 9.74. The molecular weight excluding hydrogens is 369 g/mol. The van der Waals surface area contributed by atoms with Crippen LogP contribution in [0, 0.1) is 11.2 Å². The van der Waals surface area contributed by atoms with Gasteiger partial charge in [-0.05, 0) is 35.6 Å². The molecule has 1 aliphatic heterocycles. The molecule has 29 heavy (non-hydrogen) atoms. The van der Waals surface area contributed by atoms with Crippen molar-refractivity contribution in [1.82, 2.24) is 19.7 Å². The van der Waals surface area contributed by atoms with Gasteiger partial charge in [0, 0.05) is 30.1 Å². The average Bonchev–Trinajstić information content (AvgIpc) is 3.09. The maximum Gasteiger partial charge on any atom is 0.226 e. The molecular formula is C22H20FN5O. The Bertz CT molecular complexity index is 1150. The second-order valence-electron chi connectivity index (χ2n) is 8.33. The zero-order valence-electron chi connectivity index (χ0n) is 16.2. The van der Waals surface area contributed by atoms with E-state index in [9.17, 15) is 9.18 Å². The molecule has 5 rings (SSSR count). The lowest BCUT2D eigenvalue weighted by molar-refractivity contribution is -0.118. The number of halogens is 1. The van der Waals surface area contributed by atoms with Crippen molar-refractivity contribution < 1.29 is 9.18 Å². The van der Waals surface area contributed by atoms with Crippen molar-refractivity contribution >= 4 is 11.7 Å². The second-order valence-corrected chi connectivity index (χ2v) is 8.33. The normalized spacial score (nSPS) is 20.1. The zero-order chi connectivity index (χ0) is 20.2. The third-order valence-electron chi connectivity index (χ3n) is 5.45. The van der Waals surface area contributed by atoms with E-state index in [-0.39, 0.29) is 22.8 Å². The standard InChI is InChI=1S/C22H20FN5O/c1-22(2)10-16-18(17(29)11-22)19(13-6-5-9-24-12-13)28-21(25-16)26-20(27-28)14-7-3-4-8-15(14)23/h3-9,12,19H,10-11H2,1-2H3,(H,25,26,27). The van der Waals surface area contributed by atoms with Gasteiger partial charge < -0.3 is 5.32 Å². The first-order chi connectivity index (χ1) is 13.9. The van der Waals surface area contributed by atoms with Gasteiger partial charge in [0.1, 0.15) is 11.9 Å². The van der Waals surface area contributed by atoms with E-state index in [0.717, 1.165) is 17.7 Å². The number of aromatic nitrogens is 4. The van der Waals surface area contributed by atoms with Crippen molar-refractivity contribution in [3.63, 3.8) is 0 Å². The Labute approximate surface area is 167 Å². The summed E-state index contributed by atoms with van der Waals surface area (Å²) in [5, 5.41) is 7.89. The highest BCUT2D eigenvalue weighted by Gasteiger charge is 2.42. The number of hydrogen-bond acceptors (Lipinski definition) is 5. The average molecular weight is 389 g/mol. The van der Waals surface area contributed by atoms with Crippen LogP contribution in [0.1, 0.15) is 38.3 Å². The Morgan fingerprint density at radius 3 is 2.76 bits per heavy atom. The molecule has 3 heterocycles. The molecule has 7 heteroatoms. The van der Waals surface area contributed by atoms with Crippen LogP contribution >= 0.6 is 0 Å². The number of carbonyl (C=O) groups excluding carboxylic acids is 1. The van der Waals surface area contributed by atoms with E-state index in [1.54, 1.807) is 35.3 Å². The Morgan fingerprint density at radius 2 is 2.00 bits per heavy atom. The Balaban J connectivity index is 1.70. The summed E-state index contributed by atoms with van der Waals surface area (Å²) in [4.78, 5) is 21.9. The molecule has 1 atom stereocenters. The summed E-state index contributed by atoms with van der Waals surface area (Å²) in [7, 11) is 0. The Kier molecular flexibility index (Phi) is 3.87. The molecule has 0 spiro atoms. The number of nitrogens with zero attached hydrogens (tertiary/aromatic N) is 4. The van der Waals surface area contributed by atoms with Crippen LogP contribution < -0.4 is 5.32 Å². The SMILES string of the molecule is CC1(C)CC(=O)C2=C(C1)Nc1nc(-c3ccccc3F)nn1C2c1cccnc1. The molecule has 0 fully saturated rings. The minimum absolute atomic E-state index is 0.0891. The van der Waals surface area contributed by atoms with Gasteiger partial charge in [0.05, 0.1) is 5.56 Å². The van der Waals surface area contributed by atoms with E-state index >= 15 is 0 Å². The van der Waals surface area contributed by atoms with Crippen molar-refractivity contribution in [1.29, 1.82) is 0 Å². The number of carbonyl (C=O) groups is 1. The molecule has 1 N–H and O–H groups in total. The molecule has 0 saturated heterocycles. The summed E-state index contributed by atoms with van der Waals surface area (Å²) < 4.78 is 16.0. The molecule has 1 unspecified atom stereocenters. The monoisotopic (exact) mass is 389 g/mol. The summed E-state index contributed by atoms with van der Waals surface area (Å²) in [6.07, 6.45) is 4.63. The lowest BCUT2D eigenvalue weighted by Crippen LogP contribution is -2.36. The summed E-state index contributed by atoms with van der Waals surface area (Å²) in [5.41, 5.74) is 2.58. The minimum atomic E-state index is -0.438. The molecule has 2 aromatic heterocycles. The van der Waals surface area contributed by atoms with Gasteiger partial charge in [0.15, 0.2) is 11.6 Å². The summed E-state index contributed by atoms with van der Waals surface area (Å²) in [6.45, 7) is 4.17. The number of fused-ring (bicyclic) bond motifs is 1. The number of benzene rings is 1. The van der Waals surface area contributed by atoms with E-state index < -0.39 is 6.04 Å². The third-order valence-corrected chi connectivity index (χ3v) is 5.45.